The summed E-state index contributed by atoms with van der Waals surface area (Å²) in [4.78, 5) is 22.2. The minimum absolute atomic E-state index is 0.0466. The van der Waals surface area contributed by atoms with Gasteiger partial charge in [0, 0.05) is 17.0 Å². The Bertz CT molecular complexity index is 425. The first-order valence-electron chi connectivity index (χ1n) is 4.15. The van der Waals surface area contributed by atoms with E-state index in [1.807, 2.05) is 0 Å². The predicted octanol–water partition coefficient (Wildman–Crippen LogP) is 2.09. The standard InChI is InChI=1S/C10H7ClO3/c11-5-1-2-6-7(3-5)8(10(13)14)4-9(6)12/h1-3,8H,4H2,(H,13,14)/t8-/m0/s1. The maximum Gasteiger partial charge on any atom is 0.311 e. The van der Waals surface area contributed by atoms with E-state index < -0.39 is 11.9 Å². The van der Waals surface area contributed by atoms with Crippen molar-refractivity contribution in [3.8, 4) is 0 Å². The summed E-state index contributed by atoms with van der Waals surface area (Å²) in [7, 11) is 0. The average molecular weight is 211 g/mol. The van der Waals surface area contributed by atoms with Crippen LogP contribution in [-0.2, 0) is 4.79 Å². The van der Waals surface area contributed by atoms with Gasteiger partial charge in [-0.15, -0.1) is 0 Å². The van der Waals surface area contributed by atoms with E-state index in [1.54, 1.807) is 18.2 Å². The fraction of sp³-hybridized carbons (Fsp3) is 0.200. The summed E-state index contributed by atoms with van der Waals surface area (Å²) in [5.41, 5.74) is 1.02. The van der Waals surface area contributed by atoms with Crippen LogP contribution in [0.2, 0.25) is 5.02 Å². The molecular formula is C10H7ClO3. The lowest BCUT2D eigenvalue weighted by atomic mass is 10.0. The third-order valence-corrected chi connectivity index (χ3v) is 2.61. The first kappa shape index (κ1) is 9.21. The lowest BCUT2D eigenvalue weighted by molar-refractivity contribution is -0.138. The van der Waals surface area contributed by atoms with Crippen LogP contribution in [0.15, 0.2) is 18.2 Å². The van der Waals surface area contributed by atoms with Crippen molar-refractivity contribution in [2.75, 3.05) is 0 Å². The largest absolute Gasteiger partial charge is 0.481 e. The summed E-state index contributed by atoms with van der Waals surface area (Å²) in [5, 5.41) is 9.34. The van der Waals surface area contributed by atoms with Gasteiger partial charge in [-0.2, -0.15) is 0 Å². The molecule has 1 aromatic carbocycles. The Balaban J connectivity index is 2.56. The van der Waals surface area contributed by atoms with Crippen molar-refractivity contribution in [3.05, 3.63) is 34.3 Å². The average Bonchev–Trinajstić information content (AvgIpc) is 2.43. The Hall–Kier alpha value is -1.35. The lowest BCUT2D eigenvalue weighted by Gasteiger charge is -2.03. The minimum Gasteiger partial charge on any atom is -0.481 e. The molecule has 0 heterocycles. The van der Waals surface area contributed by atoms with Gasteiger partial charge in [-0.3, -0.25) is 9.59 Å². The van der Waals surface area contributed by atoms with Crippen LogP contribution < -0.4 is 0 Å². The maximum absolute atomic E-state index is 11.4. The van der Waals surface area contributed by atoms with Gasteiger partial charge in [0.15, 0.2) is 5.78 Å². The first-order valence-corrected chi connectivity index (χ1v) is 4.53. The highest BCUT2D eigenvalue weighted by atomic mass is 35.5. The van der Waals surface area contributed by atoms with Gasteiger partial charge in [0.1, 0.15) is 0 Å². The summed E-state index contributed by atoms with van der Waals surface area (Å²) in [6, 6.07) is 4.74. The van der Waals surface area contributed by atoms with E-state index in [0.29, 0.717) is 16.1 Å². The van der Waals surface area contributed by atoms with E-state index in [0.717, 1.165) is 0 Å². The predicted molar refractivity (Wildman–Crippen MR) is 50.8 cm³/mol. The molecule has 1 aliphatic carbocycles. The van der Waals surface area contributed by atoms with E-state index >= 15 is 0 Å². The van der Waals surface area contributed by atoms with Gasteiger partial charge < -0.3 is 5.11 Å². The van der Waals surface area contributed by atoms with E-state index in [9.17, 15) is 9.59 Å². The van der Waals surface area contributed by atoms with Gasteiger partial charge in [0.05, 0.1) is 5.92 Å². The molecule has 0 spiro atoms. The molecule has 0 fully saturated rings. The van der Waals surface area contributed by atoms with Crippen LogP contribution in [0.25, 0.3) is 0 Å². The van der Waals surface area contributed by atoms with Gasteiger partial charge in [-0.25, -0.2) is 0 Å². The SMILES string of the molecule is O=C1C[C@H](C(=O)O)c2cc(Cl)ccc21. The summed E-state index contributed by atoms with van der Waals surface area (Å²) in [6.45, 7) is 0. The molecule has 0 radical (unpaired) electrons. The van der Waals surface area contributed by atoms with Crippen LogP contribution in [0.1, 0.15) is 28.3 Å². The Kier molecular flexibility index (Phi) is 2.04. The molecule has 3 nitrogen and oxygen atoms in total. The third kappa shape index (κ3) is 1.30. The lowest BCUT2D eigenvalue weighted by Crippen LogP contribution is -2.08. The van der Waals surface area contributed by atoms with Crippen molar-refractivity contribution in [2.45, 2.75) is 12.3 Å². The fourth-order valence-corrected chi connectivity index (χ4v) is 1.88. The Morgan fingerprint density at radius 1 is 1.50 bits per heavy atom. The molecule has 0 saturated carbocycles. The monoisotopic (exact) mass is 210 g/mol. The molecule has 0 unspecified atom stereocenters. The number of hydrogen-bond donors (Lipinski definition) is 1. The van der Waals surface area contributed by atoms with E-state index in [1.165, 1.54) is 0 Å². The molecule has 0 saturated heterocycles. The van der Waals surface area contributed by atoms with E-state index in [4.69, 9.17) is 16.7 Å². The normalized spacial score (nSPS) is 19.5. The molecule has 0 aliphatic heterocycles. The third-order valence-electron chi connectivity index (χ3n) is 2.38. The second-order valence-electron chi connectivity index (χ2n) is 3.25. The van der Waals surface area contributed by atoms with Crippen LogP contribution >= 0.6 is 11.6 Å². The molecule has 72 valence electrons. The molecule has 1 aliphatic rings. The van der Waals surface area contributed by atoms with Gasteiger partial charge in [-0.05, 0) is 23.8 Å². The minimum atomic E-state index is -0.973. The molecule has 1 aromatic rings. The topological polar surface area (TPSA) is 54.4 Å². The van der Waals surface area contributed by atoms with Crippen LogP contribution in [-0.4, -0.2) is 16.9 Å². The number of ketones is 1. The maximum atomic E-state index is 11.4. The number of carbonyl (C=O) groups excluding carboxylic acids is 1. The number of hydrogen-bond acceptors (Lipinski definition) is 2. The zero-order chi connectivity index (χ0) is 10.3. The van der Waals surface area contributed by atoms with E-state index in [-0.39, 0.29) is 12.2 Å². The van der Waals surface area contributed by atoms with Crippen LogP contribution in [0.5, 0.6) is 0 Å². The van der Waals surface area contributed by atoms with Crippen LogP contribution in [0.4, 0.5) is 0 Å². The van der Waals surface area contributed by atoms with Gasteiger partial charge in [0.25, 0.3) is 0 Å². The second-order valence-corrected chi connectivity index (χ2v) is 3.69. The molecule has 1 N–H and O–H groups in total. The van der Waals surface area contributed by atoms with Gasteiger partial charge in [-0.1, -0.05) is 11.6 Å². The highest BCUT2D eigenvalue weighted by Gasteiger charge is 2.34. The molecule has 0 bridgehead atoms. The van der Waals surface area contributed by atoms with Crippen molar-refractivity contribution in [2.24, 2.45) is 0 Å². The van der Waals surface area contributed by atoms with Gasteiger partial charge >= 0.3 is 5.97 Å². The molecule has 1 atom stereocenters. The Labute approximate surface area is 85.3 Å². The summed E-state index contributed by atoms with van der Waals surface area (Å²) < 4.78 is 0. The number of carboxylic acid groups (broad SMARTS) is 1. The van der Waals surface area contributed by atoms with E-state index in [2.05, 4.69) is 0 Å². The van der Waals surface area contributed by atoms with Crippen molar-refractivity contribution >= 4 is 23.4 Å². The second kappa shape index (κ2) is 3.10. The van der Waals surface area contributed by atoms with Crippen LogP contribution in [0, 0.1) is 0 Å². The summed E-state index contributed by atoms with van der Waals surface area (Å²) in [6.07, 6.45) is 0.0466. The smallest absolute Gasteiger partial charge is 0.311 e. The molecule has 2 rings (SSSR count). The number of Topliss-reactive ketones (excluding diaryl/α,β-unsaturated/α-hetero) is 1. The zero-order valence-electron chi connectivity index (χ0n) is 7.16. The van der Waals surface area contributed by atoms with Crippen molar-refractivity contribution in [1.29, 1.82) is 0 Å². The number of aliphatic carboxylic acids is 1. The highest BCUT2D eigenvalue weighted by molar-refractivity contribution is 6.31. The number of halogens is 1. The number of carbonyl (C=O) groups is 2. The molecule has 4 heteroatoms. The Morgan fingerprint density at radius 2 is 2.21 bits per heavy atom. The highest BCUT2D eigenvalue weighted by Crippen LogP contribution is 2.34. The molecule has 0 amide bonds. The molecular weight excluding hydrogens is 204 g/mol. The van der Waals surface area contributed by atoms with Crippen molar-refractivity contribution in [3.63, 3.8) is 0 Å². The number of fused-ring (bicyclic) bond motifs is 1. The number of carboxylic acids is 1. The van der Waals surface area contributed by atoms with Gasteiger partial charge in [0.2, 0.25) is 0 Å². The fourth-order valence-electron chi connectivity index (χ4n) is 1.70. The van der Waals surface area contributed by atoms with Crippen molar-refractivity contribution in [1.82, 2.24) is 0 Å². The first-order chi connectivity index (χ1) is 6.59. The van der Waals surface area contributed by atoms with Crippen molar-refractivity contribution < 1.29 is 14.7 Å². The number of rotatable bonds is 1. The number of benzene rings is 1. The molecule has 0 aromatic heterocycles. The zero-order valence-corrected chi connectivity index (χ0v) is 7.91. The summed E-state index contributed by atoms with van der Waals surface area (Å²) >= 11 is 5.74. The quantitative estimate of drug-likeness (QED) is 0.772. The Morgan fingerprint density at radius 3 is 2.86 bits per heavy atom. The summed E-state index contributed by atoms with van der Waals surface area (Å²) in [5.74, 6) is -1.82. The van der Waals surface area contributed by atoms with Crippen LogP contribution in [0.3, 0.4) is 0 Å². The molecule has 14 heavy (non-hydrogen) atoms.